The molecule has 2 aromatic heterocycles. The summed E-state index contributed by atoms with van der Waals surface area (Å²) in [6.07, 6.45) is 4.90. The summed E-state index contributed by atoms with van der Waals surface area (Å²) in [7, 11) is 0. The first-order valence-electron chi connectivity index (χ1n) is 4.92. The lowest BCUT2D eigenvalue weighted by molar-refractivity contribution is 1.07. The van der Waals surface area contributed by atoms with Gasteiger partial charge in [0.05, 0.1) is 0 Å². The maximum absolute atomic E-state index is 4.09. The molecular weight excluding hydrogens is 188 g/mol. The highest BCUT2D eigenvalue weighted by Crippen LogP contribution is 2.09. The van der Waals surface area contributed by atoms with E-state index in [9.17, 15) is 0 Å². The molecule has 2 rings (SSSR count). The summed E-state index contributed by atoms with van der Waals surface area (Å²) < 4.78 is 0. The maximum Gasteiger partial charge on any atom is 0.178 e. The van der Waals surface area contributed by atoms with Gasteiger partial charge in [-0.3, -0.25) is 0 Å². The van der Waals surface area contributed by atoms with E-state index in [1.165, 1.54) is 6.33 Å². The molecule has 2 aromatic rings. The molecule has 0 saturated heterocycles. The predicted octanol–water partition coefficient (Wildman–Crippen LogP) is 2.27. The van der Waals surface area contributed by atoms with E-state index in [1.54, 1.807) is 18.5 Å². The molecule has 0 radical (unpaired) electrons. The topological polar surface area (TPSA) is 51.6 Å². The Balaban J connectivity index is 0.000000531. The fraction of sp³-hybridized carbons (Fsp3) is 0.273. The minimum Gasteiger partial charge on any atom is -0.242 e. The van der Waals surface area contributed by atoms with Crippen molar-refractivity contribution in [3.63, 3.8) is 0 Å². The van der Waals surface area contributed by atoms with Crippen LogP contribution in [0, 0.1) is 6.92 Å². The zero-order chi connectivity index (χ0) is 11.1. The Hall–Kier alpha value is -1.84. The minimum absolute atomic E-state index is 0.632. The van der Waals surface area contributed by atoms with Gasteiger partial charge in [-0.15, -0.1) is 0 Å². The highest BCUT2D eigenvalue weighted by atomic mass is 14.9. The van der Waals surface area contributed by atoms with Crippen molar-refractivity contribution in [2.24, 2.45) is 0 Å². The zero-order valence-corrected chi connectivity index (χ0v) is 9.18. The van der Waals surface area contributed by atoms with E-state index < -0.39 is 0 Å². The molecule has 0 saturated carbocycles. The van der Waals surface area contributed by atoms with Gasteiger partial charge in [0.2, 0.25) is 0 Å². The molecule has 0 bridgehead atoms. The summed E-state index contributed by atoms with van der Waals surface area (Å²) in [5.74, 6) is 0.632. The molecule has 0 fully saturated rings. The molecule has 78 valence electrons. The molecule has 0 unspecified atom stereocenters. The van der Waals surface area contributed by atoms with Crippen molar-refractivity contribution in [3.05, 3.63) is 36.5 Å². The number of hydrogen-bond acceptors (Lipinski definition) is 4. The van der Waals surface area contributed by atoms with Crippen molar-refractivity contribution in [1.29, 1.82) is 0 Å². The van der Waals surface area contributed by atoms with E-state index in [2.05, 4.69) is 19.9 Å². The number of aromatic nitrogens is 4. The van der Waals surface area contributed by atoms with Crippen LogP contribution in [-0.2, 0) is 0 Å². The summed E-state index contributed by atoms with van der Waals surface area (Å²) in [6, 6.07) is 3.63. The van der Waals surface area contributed by atoms with Crippen LogP contribution in [0.2, 0.25) is 0 Å². The lowest BCUT2D eigenvalue weighted by Gasteiger charge is -1.97. The van der Waals surface area contributed by atoms with Gasteiger partial charge in [-0.2, -0.15) is 0 Å². The van der Waals surface area contributed by atoms with Crippen LogP contribution in [0.4, 0.5) is 0 Å². The minimum atomic E-state index is 0.632. The van der Waals surface area contributed by atoms with E-state index >= 15 is 0 Å². The lowest BCUT2D eigenvalue weighted by Crippen LogP contribution is -1.92. The van der Waals surface area contributed by atoms with Crippen LogP contribution in [0.5, 0.6) is 0 Å². The standard InChI is InChI=1S/C9H8N4.C2H6/c1-7-5-8(13-6-12-7)9-10-3-2-4-11-9;1-2/h2-6H,1H3;1-2H3. The number of hydrogen-bond donors (Lipinski definition) is 0. The van der Waals surface area contributed by atoms with Gasteiger partial charge in [-0.05, 0) is 19.1 Å². The first-order valence-corrected chi connectivity index (χ1v) is 4.92. The SMILES string of the molecule is CC.Cc1cc(-c2ncccn2)ncn1. The summed E-state index contributed by atoms with van der Waals surface area (Å²) in [5, 5.41) is 0. The molecule has 0 N–H and O–H groups in total. The number of nitrogens with zero attached hydrogens (tertiary/aromatic N) is 4. The van der Waals surface area contributed by atoms with Crippen molar-refractivity contribution in [1.82, 2.24) is 19.9 Å². The van der Waals surface area contributed by atoms with Gasteiger partial charge in [0, 0.05) is 18.1 Å². The molecule has 0 aliphatic heterocycles. The van der Waals surface area contributed by atoms with Crippen LogP contribution in [0.3, 0.4) is 0 Å². The highest BCUT2D eigenvalue weighted by Gasteiger charge is 2.00. The Labute approximate surface area is 89.5 Å². The second-order valence-electron chi connectivity index (χ2n) is 2.62. The molecule has 0 amide bonds. The molecular formula is C11H14N4. The van der Waals surface area contributed by atoms with E-state index in [1.807, 2.05) is 26.8 Å². The fourth-order valence-electron chi connectivity index (χ4n) is 1.01. The van der Waals surface area contributed by atoms with Crippen molar-refractivity contribution in [2.75, 3.05) is 0 Å². The fourth-order valence-corrected chi connectivity index (χ4v) is 1.01. The molecule has 0 spiro atoms. The quantitative estimate of drug-likeness (QED) is 0.711. The van der Waals surface area contributed by atoms with Crippen molar-refractivity contribution < 1.29 is 0 Å². The largest absolute Gasteiger partial charge is 0.242 e. The third kappa shape index (κ3) is 3.09. The van der Waals surface area contributed by atoms with E-state index in [-0.39, 0.29) is 0 Å². The van der Waals surface area contributed by atoms with Gasteiger partial charge in [0.1, 0.15) is 12.0 Å². The van der Waals surface area contributed by atoms with E-state index in [4.69, 9.17) is 0 Å². The molecule has 4 nitrogen and oxygen atoms in total. The van der Waals surface area contributed by atoms with Gasteiger partial charge < -0.3 is 0 Å². The van der Waals surface area contributed by atoms with Crippen LogP contribution in [-0.4, -0.2) is 19.9 Å². The second kappa shape index (κ2) is 5.80. The van der Waals surface area contributed by atoms with Gasteiger partial charge in [-0.1, -0.05) is 13.8 Å². The van der Waals surface area contributed by atoms with Gasteiger partial charge in [0.15, 0.2) is 5.82 Å². The van der Waals surface area contributed by atoms with E-state index in [0.717, 1.165) is 11.4 Å². The van der Waals surface area contributed by atoms with Crippen molar-refractivity contribution in [3.8, 4) is 11.5 Å². The first-order chi connectivity index (χ1) is 7.36. The summed E-state index contributed by atoms with van der Waals surface area (Å²) >= 11 is 0. The third-order valence-corrected chi connectivity index (χ3v) is 1.60. The van der Waals surface area contributed by atoms with Crippen molar-refractivity contribution >= 4 is 0 Å². The van der Waals surface area contributed by atoms with Gasteiger partial charge in [-0.25, -0.2) is 19.9 Å². The van der Waals surface area contributed by atoms with Crippen molar-refractivity contribution in [2.45, 2.75) is 20.8 Å². The summed E-state index contributed by atoms with van der Waals surface area (Å²) in [6.45, 7) is 5.91. The Morgan fingerprint density at radius 3 is 2.20 bits per heavy atom. The van der Waals surface area contributed by atoms with Gasteiger partial charge >= 0.3 is 0 Å². The van der Waals surface area contributed by atoms with Crippen LogP contribution < -0.4 is 0 Å². The molecule has 0 aliphatic rings. The summed E-state index contributed by atoms with van der Waals surface area (Å²) in [5.41, 5.74) is 1.67. The second-order valence-corrected chi connectivity index (χ2v) is 2.62. The van der Waals surface area contributed by atoms with Gasteiger partial charge in [0.25, 0.3) is 0 Å². The molecule has 0 aromatic carbocycles. The highest BCUT2D eigenvalue weighted by molar-refractivity contribution is 5.47. The molecule has 2 heterocycles. The molecule has 0 aliphatic carbocycles. The lowest BCUT2D eigenvalue weighted by atomic mass is 10.3. The third-order valence-electron chi connectivity index (χ3n) is 1.60. The molecule has 0 atom stereocenters. The Morgan fingerprint density at radius 2 is 1.60 bits per heavy atom. The van der Waals surface area contributed by atoms with Crippen LogP contribution in [0.1, 0.15) is 19.5 Å². The van der Waals surface area contributed by atoms with Crippen LogP contribution in [0.25, 0.3) is 11.5 Å². The predicted molar refractivity (Wildman–Crippen MR) is 59.1 cm³/mol. The molecule has 15 heavy (non-hydrogen) atoms. The number of rotatable bonds is 1. The normalized spacial score (nSPS) is 9.00. The van der Waals surface area contributed by atoms with Crippen LogP contribution >= 0.6 is 0 Å². The summed E-state index contributed by atoms with van der Waals surface area (Å²) in [4.78, 5) is 16.2. The smallest absolute Gasteiger partial charge is 0.178 e. The van der Waals surface area contributed by atoms with E-state index in [0.29, 0.717) is 5.82 Å². The maximum atomic E-state index is 4.09. The number of aryl methyl sites for hydroxylation is 1. The average molecular weight is 202 g/mol. The zero-order valence-electron chi connectivity index (χ0n) is 9.18. The Bertz CT molecular complexity index is 400. The molecule has 4 heteroatoms. The Morgan fingerprint density at radius 1 is 0.933 bits per heavy atom. The van der Waals surface area contributed by atoms with Crippen LogP contribution in [0.15, 0.2) is 30.9 Å². The first kappa shape index (κ1) is 11.2. The average Bonchev–Trinajstić information content (AvgIpc) is 2.33. The Kier molecular flexibility index (Phi) is 4.34. The monoisotopic (exact) mass is 202 g/mol.